The molecule has 0 aromatic heterocycles. The molecule has 0 N–H and O–H groups in total. The molecule has 0 saturated carbocycles. The third-order valence-corrected chi connectivity index (χ3v) is 3.40. The Morgan fingerprint density at radius 3 is 2.43 bits per heavy atom. The minimum absolute atomic E-state index is 0.300. The van der Waals surface area contributed by atoms with Gasteiger partial charge in [0.25, 0.3) is 0 Å². The first-order valence-electron chi connectivity index (χ1n) is 7.29. The summed E-state index contributed by atoms with van der Waals surface area (Å²) in [5.41, 5.74) is 1.73. The van der Waals surface area contributed by atoms with Gasteiger partial charge in [0.1, 0.15) is 17.6 Å². The van der Waals surface area contributed by atoms with Crippen molar-refractivity contribution in [1.82, 2.24) is 0 Å². The first-order valence-corrected chi connectivity index (χ1v) is 7.29. The van der Waals surface area contributed by atoms with Gasteiger partial charge in [-0.25, -0.2) is 4.79 Å². The van der Waals surface area contributed by atoms with Crippen molar-refractivity contribution in [3.05, 3.63) is 65.7 Å². The lowest BCUT2D eigenvalue weighted by Crippen LogP contribution is -2.05. The Morgan fingerprint density at radius 2 is 1.78 bits per heavy atom. The van der Waals surface area contributed by atoms with Crippen LogP contribution in [0.4, 0.5) is 0 Å². The van der Waals surface area contributed by atoms with Crippen LogP contribution >= 0.6 is 0 Å². The minimum Gasteiger partial charge on any atom is -0.497 e. The number of rotatable bonds is 6. The summed E-state index contributed by atoms with van der Waals surface area (Å²) >= 11 is 0. The third-order valence-electron chi connectivity index (χ3n) is 3.40. The zero-order valence-electron chi connectivity index (χ0n) is 13.5. The van der Waals surface area contributed by atoms with Crippen molar-refractivity contribution in [2.24, 2.45) is 0 Å². The van der Waals surface area contributed by atoms with Crippen LogP contribution in [-0.2, 0) is 9.53 Å². The topological polar surface area (TPSA) is 44.8 Å². The van der Waals surface area contributed by atoms with Crippen LogP contribution < -0.4 is 9.47 Å². The summed E-state index contributed by atoms with van der Waals surface area (Å²) in [6.45, 7) is 1.84. The number of ether oxygens (including phenoxy) is 3. The molecule has 0 spiro atoms. The quantitative estimate of drug-likeness (QED) is 0.597. The molecule has 0 aliphatic carbocycles. The van der Waals surface area contributed by atoms with Gasteiger partial charge < -0.3 is 14.2 Å². The number of benzene rings is 2. The molecule has 0 unspecified atom stereocenters. The molecule has 2 aromatic rings. The molecule has 0 bridgehead atoms. The zero-order chi connectivity index (χ0) is 16.7. The van der Waals surface area contributed by atoms with Gasteiger partial charge in [-0.05, 0) is 30.7 Å². The molecular formula is C19H20O4. The van der Waals surface area contributed by atoms with Gasteiger partial charge in [-0.15, -0.1) is 0 Å². The zero-order valence-corrected chi connectivity index (χ0v) is 13.5. The Hall–Kier alpha value is -2.75. The van der Waals surface area contributed by atoms with Crippen LogP contribution in [0.5, 0.6) is 11.5 Å². The maximum atomic E-state index is 11.9. The van der Waals surface area contributed by atoms with Crippen LogP contribution in [0.2, 0.25) is 0 Å². The van der Waals surface area contributed by atoms with E-state index in [0.29, 0.717) is 11.5 Å². The Morgan fingerprint density at radius 1 is 1.04 bits per heavy atom. The van der Waals surface area contributed by atoms with Crippen LogP contribution in [0.3, 0.4) is 0 Å². The van der Waals surface area contributed by atoms with Crippen LogP contribution in [0.15, 0.2) is 54.6 Å². The first kappa shape index (κ1) is 16.6. The average molecular weight is 312 g/mol. The molecule has 0 radical (unpaired) electrons. The molecule has 120 valence electrons. The van der Waals surface area contributed by atoms with Gasteiger partial charge in [0, 0.05) is 17.7 Å². The largest absolute Gasteiger partial charge is 0.497 e. The number of carbonyl (C=O) groups is 1. The molecule has 4 heteroatoms. The number of carbonyl (C=O) groups excluding carboxylic acids is 1. The Balaban J connectivity index is 2.04. The van der Waals surface area contributed by atoms with E-state index in [1.165, 1.54) is 6.08 Å². The summed E-state index contributed by atoms with van der Waals surface area (Å²) in [7, 11) is 3.16. The standard InChI is InChI=1S/C19H20O4/c1-14(15-7-5-4-6-8-15)23-19(20)12-10-16-9-11-17(21-2)13-18(16)22-3/h4-14H,1-3H3/b12-10+/t14-/m0/s1. The highest BCUT2D eigenvalue weighted by molar-refractivity contribution is 5.87. The number of hydrogen-bond acceptors (Lipinski definition) is 4. The van der Waals surface area contributed by atoms with Crippen molar-refractivity contribution in [1.29, 1.82) is 0 Å². The van der Waals surface area contributed by atoms with Gasteiger partial charge >= 0.3 is 5.97 Å². The summed E-state index contributed by atoms with van der Waals surface area (Å²) in [6, 6.07) is 15.0. The highest BCUT2D eigenvalue weighted by Crippen LogP contribution is 2.25. The molecule has 23 heavy (non-hydrogen) atoms. The maximum Gasteiger partial charge on any atom is 0.331 e. The second kappa shape index (κ2) is 8.03. The Labute approximate surface area is 136 Å². The molecule has 1 atom stereocenters. The normalized spacial score (nSPS) is 12.0. The third kappa shape index (κ3) is 4.61. The number of esters is 1. The van der Waals surface area contributed by atoms with Gasteiger partial charge in [0.15, 0.2) is 0 Å². The van der Waals surface area contributed by atoms with E-state index >= 15 is 0 Å². The number of methoxy groups -OCH3 is 2. The first-order chi connectivity index (χ1) is 11.1. The molecular weight excluding hydrogens is 292 g/mol. The lowest BCUT2D eigenvalue weighted by molar-refractivity contribution is -0.142. The van der Waals surface area contributed by atoms with Gasteiger partial charge in [-0.3, -0.25) is 0 Å². The van der Waals surface area contributed by atoms with E-state index in [2.05, 4.69) is 0 Å². The van der Waals surface area contributed by atoms with Gasteiger partial charge in [-0.1, -0.05) is 30.3 Å². The number of hydrogen-bond donors (Lipinski definition) is 0. The SMILES string of the molecule is COc1ccc(/C=C/C(=O)O[C@@H](C)c2ccccc2)c(OC)c1. The molecule has 0 aliphatic rings. The maximum absolute atomic E-state index is 11.9. The monoisotopic (exact) mass is 312 g/mol. The smallest absolute Gasteiger partial charge is 0.331 e. The van der Waals surface area contributed by atoms with Crippen molar-refractivity contribution in [2.75, 3.05) is 14.2 Å². The molecule has 0 heterocycles. The Kier molecular flexibility index (Phi) is 5.80. The van der Waals surface area contributed by atoms with E-state index in [9.17, 15) is 4.79 Å². The predicted octanol–water partition coefficient (Wildman–Crippen LogP) is 4.02. The van der Waals surface area contributed by atoms with E-state index in [1.54, 1.807) is 32.4 Å². The summed E-state index contributed by atoms with van der Waals surface area (Å²) < 4.78 is 15.8. The van der Waals surface area contributed by atoms with Crippen molar-refractivity contribution in [3.63, 3.8) is 0 Å². The van der Waals surface area contributed by atoms with Crippen LogP contribution in [0.1, 0.15) is 24.2 Å². The van der Waals surface area contributed by atoms with E-state index in [4.69, 9.17) is 14.2 Å². The van der Waals surface area contributed by atoms with Gasteiger partial charge in [0.05, 0.1) is 14.2 Å². The molecule has 2 rings (SSSR count). The predicted molar refractivity (Wildman–Crippen MR) is 89.5 cm³/mol. The Bertz CT molecular complexity index is 677. The average Bonchev–Trinajstić information content (AvgIpc) is 2.60. The fourth-order valence-corrected chi connectivity index (χ4v) is 2.12. The second-order valence-electron chi connectivity index (χ2n) is 4.93. The molecule has 0 amide bonds. The van der Waals surface area contributed by atoms with Crippen molar-refractivity contribution in [3.8, 4) is 11.5 Å². The molecule has 4 nitrogen and oxygen atoms in total. The van der Waals surface area contributed by atoms with Crippen LogP contribution in [-0.4, -0.2) is 20.2 Å². The molecule has 0 aliphatic heterocycles. The van der Waals surface area contributed by atoms with Gasteiger partial charge in [-0.2, -0.15) is 0 Å². The second-order valence-corrected chi connectivity index (χ2v) is 4.93. The fraction of sp³-hybridized carbons (Fsp3) is 0.211. The highest BCUT2D eigenvalue weighted by atomic mass is 16.5. The lowest BCUT2D eigenvalue weighted by Gasteiger charge is -2.12. The lowest BCUT2D eigenvalue weighted by atomic mass is 10.1. The summed E-state index contributed by atoms with van der Waals surface area (Å²) in [4.78, 5) is 11.9. The fourth-order valence-electron chi connectivity index (χ4n) is 2.12. The van der Waals surface area contributed by atoms with E-state index < -0.39 is 5.97 Å². The van der Waals surface area contributed by atoms with Crippen molar-refractivity contribution < 1.29 is 19.0 Å². The minimum atomic E-state index is -0.403. The van der Waals surface area contributed by atoms with Crippen LogP contribution in [0.25, 0.3) is 6.08 Å². The van der Waals surface area contributed by atoms with Crippen molar-refractivity contribution in [2.45, 2.75) is 13.0 Å². The molecule has 2 aromatic carbocycles. The van der Waals surface area contributed by atoms with E-state index in [-0.39, 0.29) is 6.10 Å². The van der Waals surface area contributed by atoms with Gasteiger partial charge in [0.2, 0.25) is 0 Å². The molecule has 0 saturated heterocycles. The van der Waals surface area contributed by atoms with Crippen molar-refractivity contribution >= 4 is 12.0 Å². The van der Waals surface area contributed by atoms with Crippen LogP contribution in [0, 0.1) is 0 Å². The van der Waals surface area contributed by atoms with E-state index in [1.807, 2.05) is 43.3 Å². The summed E-state index contributed by atoms with van der Waals surface area (Å²) in [5.74, 6) is 0.919. The summed E-state index contributed by atoms with van der Waals surface area (Å²) in [6.07, 6.45) is 2.76. The highest BCUT2D eigenvalue weighted by Gasteiger charge is 2.09. The molecule has 0 fully saturated rings. The van der Waals surface area contributed by atoms with E-state index in [0.717, 1.165) is 11.1 Å². The summed E-state index contributed by atoms with van der Waals surface area (Å²) in [5, 5.41) is 0.